The van der Waals surface area contributed by atoms with E-state index in [1.54, 1.807) is 7.05 Å². The van der Waals surface area contributed by atoms with Crippen LogP contribution in [-0.2, 0) is 19.9 Å². The highest BCUT2D eigenvalue weighted by Crippen LogP contribution is 2.43. The number of benzene rings is 1. The summed E-state index contributed by atoms with van der Waals surface area (Å²) in [5.41, 5.74) is -2.83. The molecule has 0 saturated heterocycles. The zero-order valence-corrected chi connectivity index (χ0v) is 11.4. The molecule has 1 rings (SSSR count). The smallest absolute Gasteiger partial charge is 0.432 e. The Morgan fingerprint density at radius 1 is 1.25 bits per heavy atom. The van der Waals surface area contributed by atoms with Gasteiger partial charge in [0, 0.05) is 25.4 Å². The SMILES string of the molecule is CCOC(=O)C(OC)(c1ccc(NC)cc1)C(F)(F)F. The van der Waals surface area contributed by atoms with E-state index < -0.39 is 17.7 Å². The molecule has 7 heteroatoms. The zero-order chi connectivity index (χ0) is 15.4. The van der Waals surface area contributed by atoms with Crippen molar-refractivity contribution in [1.29, 1.82) is 0 Å². The molecule has 4 nitrogen and oxygen atoms in total. The minimum absolute atomic E-state index is 0.172. The Bertz CT molecular complexity index is 459. The topological polar surface area (TPSA) is 47.6 Å². The van der Waals surface area contributed by atoms with Crippen LogP contribution < -0.4 is 5.32 Å². The van der Waals surface area contributed by atoms with Crippen LogP contribution in [0.3, 0.4) is 0 Å². The highest BCUT2D eigenvalue weighted by Gasteiger charge is 2.64. The van der Waals surface area contributed by atoms with Crippen molar-refractivity contribution < 1.29 is 27.4 Å². The van der Waals surface area contributed by atoms with Gasteiger partial charge in [0.25, 0.3) is 5.60 Å². The highest BCUT2D eigenvalue weighted by atomic mass is 19.4. The summed E-state index contributed by atoms with van der Waals surface area (Å²) in [5, 5.41) is 2.78. The van der Waals surface area contributed by atoms with E-state index in [0.29, 0.717) is 5.69 Å². The number of esters is 1. The Morgan fingerprint density at radius 2 is 1.80 bits per heavy atom. The molecule has 0 aliphatic heterocycles. The number of ether oxygens (including phenoxy) is 2. The van der Waals surface area contributed by atoms with Crippen LogP contribution in [0.5, 0.6) is 0 Å². The number of nitrogens with one attached hydrogen (secondary N) is 1. The summed E-state index contributed by atoms with van der Waals surface area (Å²) in [6.07, 6.45) is -4.94. The summed E-state index contributed by atoms with van der Waals surface area (Å²) in [5.74, 6) is -1.48. The molecule has 0 aliphatic rings. The molecule has 0 saturated carbocycles. The van der Waals surface area contributed by atoms with Gasteiger partial charge in [-0.2, -0.15) is 13.2 Å². The molecule has 0 spiro atoms. The van der Waals surface area contributed by atoms with Crippen LogP contribution in [0.25, 0.3) is 0 Å². The van der Waals surface area contributed by atoms with E-state index in [2.05, 4.69) is 14.8 Å². The summed E-state index contributed by atoms with van der Waals surface area (Å²) in [7, 11) is 2.46. The van der Waals surface area contributed by atoms with Gasteiger partial charge in [0.05, 0.1) is 6.61 Å². The lowest BCUT2D eigenvalue weighted by Crippen LogP contribution is -2.51. The Labute approximate surface area is 114 Å². The average molecular weight is 291 g/mol. The predicted molar refractivity (Wildman–Crippen MR) is 67.4 cm³/mol. The van der Waals surface area contributed by atoms with E-state index in [9.17, 15) is 18.0 Å². The second-order valence-corrected chi connectivity index (χ2v) is 3.93. The van der Waals surface area contributed by atoms with Gasteiger partial charge in [-0.25, -0.2) is 4.79 Å². The van der Waals surface area contributed by atoms with Crippen molar-refractivity contribution in [2.75, 3.05) is 26.1 Å². The fraction of sp³-hybridized carbons (Fsp3) is 0.462. The zero-order valence-electron chi connectivity index (χ0n) is 11.4. The van der Waals surface area contributed by atoms with Gasteiger partial charge in [-0.1, -0.05) is 12.1 Å². The molecule has 1 unspecified atom stereocenters. The largest absolute Gasteiger partial charge is 0.463 e. The fourth-order valence-corrected chi connectivity index (χ4v) is 1.82. The van der Waals surface area contributed by atoms with E-state index in [-0.39, 0.29) is 12.2 Å². The first-order valence-corrected chi connectivity index (χ1v) is 5.90. The van der Waals surface area contributed by atoms with Crippen LogP contribution >= 0.6 is 0 Å². The normalized spacial score (nSPS) is 14.5. The van der Waals surface area contributed by atoms with Crippen molar-refractivity contribution in [2.24, 2.45) is 0 Å². The van der Waals surface area contributed by atoms with Crippen LogP contribution in [-0.4, -0.2) is 32.9 Å². The van der Waals surface area contributed by atoms with Crippen molar-refractivity contribution in [3.63, 3.8) is 0 Å². The number of carbonyl (C=O) groups excluding carboxylic acids is 1. The Balaban J connectivity index is 3.38. The molecule has 1 N–H and O–H groups in total. The van der Waals surface area contributed by atoms with Gasteiger partial charge in [0.1, 0.15) is 0 Å². The second-order valence-electron chi connectivity index (χ2n) is 3.93. The maximum Gasteiger partial charge on any atom is 0.432 e. The summed E-state index contributed by atoms with van der Waals surface area (Å²) in [4.78, 5) is 11.8. The standard InChI is InChI=1S/C13H16F3NO3/c1-4-20-11(18)12(19-3,13(14,15)16)9-5-7-10(17-2)8-6-9/h5-8,17H,4H2,1-3H3. The lowest BCUT2D eigenvalue weighted by atomic mass is 9.92. The van der Waals surface area contributed by atoms with Crippen LogP contribution in [0.15, 0.2) is 24.3 Å². The number of alkyl halides is 3. The van der Waals surface area contributed by atoms with Crippen LogP contribution in [0.1, 0.15) is 12.5 Å². The molecule has 0 aliphatic carbocycles. The molecule has 0 fully saturated rings. The molecular weight excluding hydrogens is 275 g/mol. The minimum Gasteiger partial charge on any atom is -0.463 e. The van der Waals surface area contributed by atoms with Crippen molar-refractivity contribution in [2.45, 2.75) is 18.7 Å². The van der Waals surface area contributed by atoms with E-state index in [4.69, 9.17) is 0 Å². The summed E-state index contributed by atoms with van der Waals surface area (Å²) < 4.78 is 49.2. The third-order valence-electron chi connectivity index (χ3n) is 2.85. The van der Waals surface area contributed by atoms with Crippen molar-refractivity contribution in [1.82, 2.24) is 0 Å². The first-order valence-electron chi connectivity index (χ1n) is 5.90. The number of hydrogen-bond donors (Lipinski definition) is 1. The highest BCUT2D eigenvalue weighted by molar-refractivity contribution is 5.82. The molecule has 0 bridgehead atoms. The van der Waals surface area contributed by atoms with Crippen molar-refractivity contribution >= 4 is 11.7 Å². The minimum atomic E-state index is -4.94. The van der Waals surface area contributed by atoms with Gasteiger partial charge in [-0.3, -0.25) is 0 Å². The quantitative estimate of drug-likeness (QED) is 0.847. The molecular formula is C13H16F3NO3. The third-order valence-corrected chi connectivity index (χ3v) is 2.85. The van der Waals surface area contributed by atoms with Gasteiger partial charge < -0.3 is 14.8 Å². The molecule has 1 atom stereocenters. The van der Waals surface area contributed by atoms with Gasteiger partial charge in [0.15, 0.2) is 0 Å². The maximum absolute atomic E-state index is 13.4. The van der Waals surface area contributed by atoms with Crippen LogP contribution in [0, 0.1) is 0 Å². The Hall–Kier alpha value is -1.76. The molecule has 0 aromatic heterocycles. The van der Waals surface area contributed by atoms with Crippen molar-refractivity contribution in [3.05, 3.63) is 29.8 Å². The Morgan fingerprint density at radius 3 is 2.15 bits per heavy atom. The second kappa shape index (κ2) is 6.13. The van der Waals surface area contributed by atoms with E-state index >= 15 is 0 Å². The summed E-state index contributed by atoms with van der Waals surface area (Å²) in [6.45, 7) is 1.26. The predicted octanol–water partition coefficient (Wildman–Crippen LogP) is 2.70. The van der Waals surface area contributed by atoms with Crippen LogP contribution in [0.4, 0.5) is 18.9 Å². The molecule has 0 amide bonds. The third kappa shape index (κ3) is 2.72. The van der Waals surface area contributed by atoms with Gasteiger partial charge in [-0.05, 0) is 19.1 Å². The molecule has 0 radical (unpaired) electrons. The maximum atomic E-state index is 13.4. The van der Waals surface area contributed by atoms with Gasteiger partial charge in [0.2, 0.25) is 0 Å². The fourth-order valence-electron chi connectivity index (χ4n) is 1.82. The molecule has 0 heterocycles. The van der Waals surface area contributed by atoms with Gasteiger partial charge in [-0.15, -0.1) is 0 Å². The van der Waals surface area contributed by atoms with E-state index in [1.165, 1.54) is 31.2 Å². The number of hydrogen-bond acceptors (Lipinski definition) is 4. The van der Waals surface area contributed by atoms with Crippen LogP contribution in [0.2, 0.25) is 0 Å². The number of carbonyl (C=O) groups is 1. The lowest BCUT2D eigenvalue weighted by molar-refractivity contribution is -0.276. The number of halogens is 3. The number of methoxy groups -OCH3 is 1. The monoisotopic (exact) mass is 291 g/mol. The lowest BCUT2D eigenvalue weighted by Gasteiger charge is -2.32. The number of rotatable bonds is 5. The molecule has 1 aromatic carbocycles. The molecule has 112 valence electrons. The first-order chi connectivity index (χ1) is 9.33. The van der Waals surface area contributed by atoms with E-state index in [1.807, 2.05) is 0 Å². The molecule has 20 heavy (non-hydrogen) atoms. The average Bonchev–Trinajstić information content (AvgIpc) is 2.39. The Kier molecular flexibility index (Phi) is 4.99. The number of anilines is 1. The summed E-state index contributed by atoms with van der Waals surface area (Å²) >= 11 is 0. The van der Waals surface area contributed by atoms with Gasteiger partial charge >= 0.3 is 12.1 Å². The van der Waals surface area contributed by atoms with Crippen molar-refractivity contribution in [3.8, 4) is 0 Å². The van der Waals surface area contributed by atoms with E-state index in [0.717, 1.165) is 7.11 Å². The first kappa shape index (κ1) is 16.3. The summed E-state index contributed by atoms with van der Waals surface area (Å²) in [6, 6.07) is 5.21. The molecule has 1 aromatic rings.